The summed E-state index contributed by atoms with van der Waals surface area (Å²) >= 11 is 0. The highest BCUT2D eigenvalue weighted by atomic mass is 31.2. The largest absolute Gasteiger partial charge is 0.393 e. The fraction of sp³-hybridized carbons (Fsp3) is 0.938. The Morgan fingerprint density at radius 2 is 1.77 bits per heavy atom. The molecule has 1 aromatic rings. The Morgan fingerprint density at radius 3 is 2.52 bits per heavy atom. The molecule has 0 aliphatic heterocycles. The quantitative estimate of drug-likeness (QED) is 0.259. The zero-order chi connectivity index (χ0) is 28.5. The van der Waals surface area contributed by atoms with E-state index in [9.17, 15) is 9.67 Å². The van der Waals surface area contributed by atoms with Crippen LogP contribution in [0.15, 0.2) is 6.20 Å². The molecule has 0 radical (unpaired) electrons. The molecule has 0 bridgehead atoms. The molecule has 1 N–H and O–H groups in total. The van der Waals surface area contributed by atoms with Crippen molar-refractivity contribution in [1.29, 1.82) is 0 Å². The third-order valence-electron chi connectivity index (χ3n) is 12.3. The van der Waals surface area contributed by atoms with Crippen LogP contribution in [-0.2, 0) is 26.6 Å². The van der Waals surface area contributed by atoms with Gasteiger partial charge in [-0.05, 0) is 131 Å². The van der Waals surface area contributed by atoms with Gasteiger partial charge in [-0.1, -0.05) is 26.0 Å². The highest BCUT2D eigenvalue weighted by molar-refractivity contribution is 7.53. The van der Waals surface area contributed by atoms with Crippen LogP contribution in [0.5, 0.6) is 0 Å². The maximum atomic E-state index is 12.8. The molecule has 1 aromatic heterocycles. The van der Waals surface area contributed by atoms with Crippen molar-refractivity contribution in [3.63, 3.8) is 0 Å². The summed E-state index contributed by atoms with van der Waals surface area (Å²) < 4.78 is 25.5. The van der Waals surface area contributed by atoms with Gasteiger partial charge >= 0.3 is 7.60 Å². The third kappa shape index (κ3) is 6.01. The highest BCUT2D eigenvalue weighted by Crippen LogP contribution is 2.68. The third-order valence-corrected chi connectivity index (χ3v) is 14.4. The van der Waals surface area contributed by atoms with Crippen molar-refractivity contribution in [2.75, 3.05) is 19.4 Å². The van der Waals surface area contributed by atoms with E-state index in [1.807, 2.05) is 24.7 Å². The molecule has 4 aliphatic rings. The van der Waals surface area contributed by atoms with Crippen LogP contribution in [0.3, 0.4) is 0 Å². The maximum Gasteiger partial charge on any atom is 0.331 e. The van der Waals surface area contributed by atoms with Gasteiger partial charge in [0.15, 0.2) is 0 Å². The Balaban J connectivity index is 1.12. The van der Waals surface area contributed by atoms with Crippen LogP contribution in [0.2, 0.25) is 0 Å². The molecule has 0 aromatic carbocycles. The molecule has 40 heavy (non-hydrogen) atoms. The normalized spacial score (nSPS) is 38.5. The molecular formula is C32H56N3O4P. The predicted molar refractivity (Wildman–Crippen MR) is 159 cm³/mol. The summed E-state index contributed by atoms with van der Waals surface area (Å²) in [7, 11) is -3.05. The van der Waals surface area contributed by atoms with E-state index in [4.69, 9.17) is 9.05 Å². The van der Waals surface area contributed by atoms with Gasteiger partial charge in [0.05, 0.1) is 31.2 Å². The first kappa shape index (κ1) is 30.7. The molecule has 4 saturated carbocycles. The van der Waals surface area contributed by atoms with Crippen LogP contribution < -0.4 is 0 Å². The number of aliphatic hydroxyl groups is 1. The molecule has 4 fully saturated rings. The van der Waals surface area contributed by atoms with Gasteiger partial charge in [-0.15, -0.1) is 5.10 Å². The lowest BCUT2D eigenvalue weighted by atomic mass is 9.44. The second-order valence-corrected chi connectivity index (χ2v) is 16.5. The molecule has 228 valence electrons. The van der Waals surface area contributed by atoms with Crippen LogP contribution in [0.1, 0.15) is 111 Å². The van der Waals surface area contributed by atoms with Gasteiger partial charge in [0, 0.05) is 19.2 Å². The molecule has 1 heterocycles. The zero-order valence-electron chi connectivity index (χ0n) is 25.9. The second-order valence-electron chi connectivity index (χ2n) is 14.3. The van der Waals surface area contributed by atoms with Crippen molar-refractivity contribution in [1.82, 2.24) is 15.0 Å². The van der Waals surface area contributed by atoms with E-state index in [2.05, 4.69) is 31.1 Å². The molecule has 9 atom stereocenters. The van der Waals surface area contributed by atoms with E-state index in [0.717, 1.165) is 67.0 Å². The van der Waals surface area contributed by atoms with Crippen molar-refractivity contribution in [2.24, 2.45) is 46.3 Å². The van der Waals surface area contributed by atoms with Crippen molar-refractivity contribution < 1.29 is 18.7 Å². The molecule has 0 amide bonds. The van der Waals surface area contributed by atoms with Gasteiger partial charge < -0.3 is 14.2 Å². The van der Waals surface area contributed by atoms with Crippen LogP contribution in [0, 0.1) is 46.3 Å². The maximum absolute atomic E-state index is 12.8. The van der Waals surface area contributed by atoms with E-state index in [1.54, 1.807) is 0 Å². The number of hydrogen-bond acceptors (Lipinski definition) is 6. The number of aromatic nitrogens is 3. The van der Waals surface area contributed by atoms with E-state index in [0.29, 0.717) is 36.6 Å². The van der Waals surface area contributed by atoms with E-state index in [1.165, 1.54) is 51.4 Å². The van der Waals surface area contributed by atoms with Crippen molar-refractivity contribution >= 4 is 7.60 Å². The van der Waals surface area contributed by atoms with Gasteiger partial charge in [-0.25, -0.2) is 0 Å². The summed E-state index contributed by atoms with van der Waals surface area (Å²) in [5, 5.41) is 19.0. The number of aliphatic hydroxyl groups excluding tert-OH is 1. The topological polar surface area (TPSA) is 86.5 Å². The summed E-state index contributed by atoms with van der Waals surface area (Å²) in [5.74, 6) is 4.98. The van der Waals surface area contributed by atoms with Gasteiger partial charge in [0.2, 0.25) is 0 Å². The van der Waals surface area contributed by atoms with Gasteiger partial charge in [-0.2, -0.15) is 0 Å². The minimum absolute atomic E-state index is 0.0521. The zero-order valence-corrected chi connectivity index (χ0v) is 26.8. The van der Waals surface area contributed by atoms with Crippen molar-refractivity contribution in [3.05, 3.63) is 11.9 Å². The Bertz CT molecular complexity index is 1020. The summed E-state index contributed by atoms with van der Waals surface area (Å²) in [6.45, 7) is 13.1. The lowest BCUT2D eigenvalue weighted by Crippen LogP contribution is -2.54. The molecule has 4 aliphatic carbocycles. The summed E-state index contributed by atoms with van der Waals surface area (Å²) in [4.78, 5) is 0. The first-order valence-electron chi connectivity index (χ1n) is 16.6. The number of rotatable bonds is 12. The summed E-state index contributed by atoms with van der Waals surface area (Å²) in [6.07, 6.45) is 16.9. The number of fused-ring (bicyclic) bond motifs is 5. The Hall–Kier alpha value is -0.750. The number of hydrogen-bond donors (Lipinski definition) is 1. The molecule has 0 spiro atoms. The van der Waals surface area contributed by atoms with Crippen LogP contribution in [0.4, 0.5) is 0 Å². The summed E-state index contributed by atoms with van der Waals surface area (Å²) in [6, 6.07) is 0. The average Bonchev–Trinajstić information content (AvgIpc) is 3.52. The lowest BCUT2D eigenvalue weighted by Gasteiger charge is -2.61. The second kappa shape index (κ2) is 12.5. The molecule has 7 nitrogen and oxygen atoms in total. The van der Waals surface area contributed by atoms with E-state index in [-0.39, 0.29) is 6.10 Å². The van der Waals surface area contributed by atoms with E-state index >= 15 is 0 Å². The number of aryl methyl sites for hydroxylation is 2. The van der Waals surface area contributed by atoms with Crippen molar-refractivity contribution in [2.45, 2.75) is 124 Å². The van der Waals surface area contributed by atoms with Gasteiger partial charge in [-0.3, -0.25) is 9.25 Å². The van der Waals surface area contributed by atoms with Crippen LogP contribution in [0.25, 0.3) is 0 Å². The molecular weight excluding hydrogens is 521 g/mol. The summed E-state index contributed by atoms with van der Waals surface area (Å²) in [5.41, 5.74) is 1.81. The molecule has 0 saturated heterocycles. The molecule has 5 rings (SSSR count). The lowest BCUT2D eigenvalue weighted by molar-refractivity contribution is -0.129. The van der Waals surface area contributed by atoms with Crippen LogP contribution >= 0.6 is 7.60 Å². The predicted octanol–water partition coefficient (Wildman–Crippen LogP) is 7.52. The van der Waals surface area contributed by atoms with Gasteiger partial charge in [0.25, 0.3) is 0 Å². The fourth-order valence-corrected chi connectivity index (χ4v) is 12.0. The standard InChI is InChI=1S/C32H56N3O4P/c1-6-38-40(37,39-7-2)20-16-25-22-35(34-33-25)19-8-9-23(3)28-12-13-29-27-11-10-24-21-26(36)14-17-31(24,4)30(27)15-18-32(28,29)5/h22-24,26-30,36H,6-21H2,1-5H3/t23-,24-,26-,27?,28?,29+,30?,31+,32-/m1/s1. The first-order valence-corrected chi connectivity index (χ1v) is 18.3. The average molecular weight is 578 g/mol. The molecule has 8 heteroatoms. The Morgan fingerprint density at radius 1 is 1.05 bits per heavy atom. The smallest absolute Gasteiger partial charge is 0.331 e. The van der Waals surface area contributed by atoms with Gasteiger partial charge in [0.1, 0.15) is 0 Å². The molecule has 3 unspecified atom stereocenters. The SMILES string of the molecule is CCOP(=O)(CCc1cn(CCC[C@@H](C)C2CC[C@H]3C4CC[C@@H]5C[C@H](O)CC[C@]5(C)C4CC[C@]23C)nn1)OCC. The minimum Gasteiger partial charge on any atom is -0.393 e. The minimum atomic E-state index is -3.05. The van der Waals surface area contributed by atoms with E-state index < -0.39 is 7.60 Å². The Kier molecular flexibility index (Phi) is 9.57. The number of nitrogens with zero attached hydrogens (tertiary/aromatic N) is 3. The monoisotopic (exact) mass is 577 g/mol. The van der Waals surface area contributed by atoms with Crippen molar-refractivity contribution in [3.8, 4) is 0 Å². The Labute approximate surface area is 243 Å². The fourth-order valence-electron chi connectivity index (χ4n) is 10.4. The van der Waals surface area contributed by atoms with Crippen LogP contribution in [-0.4, -0.2) is 45.6 Å². The first-order chi connectivity index (χ1) is 19.1. The highest BCUT2D eigenvalue weighted by Gasteiger charge is 2.60.